The standard InChI is InChI=1S/C18H12F2N2O3S/c19-11-2-3-12(13(20)7-11)14-8-26-18(21-14)22-17(23)6-10-1-4-15-16(5-10)25-9-24-15/h1-5,7-8H,6,9H2,(H,21,22,23). The number of carbonyl (C=O) groups is 1. The van der Waals surface area contributed by atoms with E-state index in [2.05, 4.69) is 10.3 Å². The van der Waals surface area contributed by atoms with Crippen molar-refractivity contribution in [2.45, 2.75) is 6.42 Å². The van der Waals surface area contributed by atoms with Crippen LogP contribution in [0.25, 0.3) is 11.3 Å². The van der Waals surface area contributed by atoms with Gasteiger partial charge in [0.05, 0.1) is 12.1 Å². The third kappa shape index (κ3) is 3.36. The number of thiazole rings is 1. The Morgan fingerprint density at radius 3 is 2.85 bits per heavy atom. The van der Waals surface area contributed by atoms with Gasteiger partial charge in [0.25, 0.3) is 0 Å². The van der Waals surface area contributed by atoms with Gasteiger partial charge in [-0.15, -0.1) is 11.3 Å². The second-order valence-corrected chi connectivity index (χ2v) is 6.43. The smallest absolute Gasteiger partial charge is 0.231 e. The van der Waals surface area contributed by atoms with Crippen LogP contribution in [-0.4, -0.2) is 17.7 Å². The van der Waals surface area contributed by atoms with Gasteiger partial charge in [-0.3, -0.25) is 4.79 Å². The Morgan fingerprint density at radius 2 is 2.00 bits per heavy atom. The number of halogens is 2. The van der Waals surface area contributed by atoms with Crippen molar-refractivity contribution in [3.63, 3.8) is 0 Å². The number of ether oxygens (including phenoxy) is 2. The monoisotopic (exact) mass is 374 g/mol. The average Bonchev–Trinajstić information content (AvgIpc) is 3.23. The van der Waals surface area contributed by atoms with Crippen LogP contribution >= 0.6 is 11.3 Å². The van der Waals surface area contributed by atoms with Crippen LogP contribution in [0.3, 0.4) is 0 Å². The molecule has 0 fully saturated rings. The fourth-order valence-corrected chi connectivity index (χ4v) is 3.28. The molecule has 0 radical (unpaired) electrons. The molecule has 0 spiro atoms. The molecule has 2 heterocycles. The number of fused-ring (bicyclic) bond motifs is 1. The predicted octanol–water partition coefficient (Wildman–Crippen LogP) is 4.00. The van der Waals surface area contributed by atoms with E-state index in [0.717, 1.165) is 17.7 Å². The van der Waals surface area contributed by atoms with Gasteiger partial charge in [0.2, 0.25) is 12.7 Å². The molecule has 5 nitrogen and oxygen atoms in total. The fraction of sp³-hybridized carbons (Fsp3) is 0.111. The van der Waals surface area contributed by atoms with Crippen LogP contribution in [0.5, 0.6) is 11.5 Å². The molecule has 0 saturated heterocycles. The maximum absolute atomic E-state index is 13.8. The molecule has 8 heteroatoms. The van der Waals surface area contributed by atoms with Crippen molar-refractivity contribution in [3.05, 3.63) is 59.0 Å². The van der Waals surface area contributed by atoms with Gasteiger partial charge in [0.15, 0.2) is 16.6 Å². The quantitative estimate of drug-likeness (QED) is 0.750. The van der Waals surface area contributed by atoms with E-state index in [-0.39, 0.29) is 24.7 Å². The SMILES string of the molecule is O=C(Cc1ccc2c(c1)OCO2)Nc1nc(-c2ccc(F)cc2F)cs1. The van der Waals surface area contributed by atoms with Gasteiger partial charge in [0.1, 0.15) is 11.6 Å². The Kier molecular flexibility index (Phi) is 4.26. The first-order valence-electron chi connectivity index (χ1n) is 7.68. The van der Waals surface area contributed by atoms with E-state index in [1.807, 2.05) is 0 Å². The summed E-state index contributed by atoms with van der Waals surface area (Å²) in [6.07, 6.45) is 0.135. The summed E-state index contributed by atoms with van der Waals surface area (Å²) >= 11 is 1.17. The minimum atomic E-state index is -0.700. The Bertz CT molecular complexity index is 990. The molecule has 0 bridgehead atoms. The van der Waals surface area contributed by atoms with E-state index in [9.17, 15) is 13.6 Å². The van der Waals surface area contributed by atoms with Crippen LogP contribution in [0.1, 0.15) is 5.56 Å². The molecule has 3 aromatic rings. The van der Waals surface area contributed by atoms with E-state index in [4.69, 9.17) is 9.47 Å². The van der Waals surface area contributed by atoms with Crippen molar-refractivity contribution in [2.24, 2.45) is 0 Å². The molecular formula is C18H12F2N2O3S. The molecule has 0 unspecified atom stereocenters. The molecule has 1 aromatic heterocycles. The van der Waals surface area contributed by atoms with Crippen molar-refractivity contribution in [1.29, 1.82) is 0 Å². The first kappa shape index (κ1) is 16.5. The van der Waals surface area contributed by atoms with Crippen LogP contribution in [0.15, 0.2) is 41.8 Å². The molecule has 0 atom stereocenters. The summed E-state index contributed by atoms with van der Waals surface area (Å²) in [6.45, 7) is 0.173. The summed E-state index contributed by atoms with van der Waals surface area (Å²) in [5.41, 5.74) is 1.29. The van der Waals surface area contributed by atoms with Crippen molar-refractivity contribution < 1.29 is 23.0 Å². The highest BCUT2D eigenvalue weighted by Crippen LogP contribution is 2.33. The molecule has 1 aliphatic heterocycles. The van der Waals surface area contributed by atoms with Gasteiger partial charge < -0.3 is 14.8 Å². The maximum Gasteiger partial charge on any atom is 0.231 e. The van der Waals surface area contributed by atoms with Gasteiger partial charge >= 0.3 is 0 Å². The Morgan fingerprint density at radius 1 is 1.15 bits per heavy atom. The summed E-state index contributed by atoms with van der Waals surface area (Å²) in [5.74, 6) is -0.352. The number of hydrogen-bond donors (Lipinski definition) is 1. The zero-order valence-electron chi connectivity index (χ0n) is 13.3. The largest absolute Gasteiger partial charge is 0.454 e. The Labute approximate surface area is 151 Å². The molecule has 1 amide bonds. The van der Waals surface area contributed by atoms with Gasteiger partial charge in [-0.05, 0) is 29.8 Å². The van der Waals surface area contributed by atoms with Crippen molar-refractivity contribution in [1.82, 2.24) is 4.98 Å². The topological polar surface area (TPSA) is 60.5 Å². The molecule has 4 rings (SSSR count). The van der Waals surface area contributed by atoms with E-state index < -0.39 is 11.6 Å². The zero-order valence-corrected chi connectivity index (χ0v) is 14.1. The summed E-state index contributed by atoms with van der Waals surface area (Å²) in [7, 11) is 0. The summed E-state index contributed by atoms with van der Waals surface area (Å²) in [5, 5.41) is 4.62. The molecule has 132 valence electrons. The highest BCUT2D eigenvalue weighted by Gasteiger charge is 2.16. The van der Waals surface area contributed by atoms with Crippen molar-refractivity contribution >= 4 is 22.4 Å². The third-order valence-corrected chi connectivity index (χ3v) is 4.52. The number of rotatable bonds is 4. The first-order chi connectivity index (χ1) is 12.6. The number of anilines is 1. The lowest BCUT2D eigenvalue weighted by atomic mass is 10.1. The normalized spacial score (nSPS) is 12.2. The number of nitrogens with zero attached hydrogens (tertiary/aromatic N) is 1. The molecule has 1 N–H and O–H groups in total. The second-order valence-electron chi connectivity index (χ2n) is 5.57. The van der Waals surface area contributed by atoms with Crippen LogP contribution in [0, 0.1) is 11.6 Å². The predicted molar refractivity (Wildman–Crippen MR) is 92.4 cm³/mol. The second kappa shape index (κ2) is 6.72. The number of nitrogens with one attached hydrogen (secondary N) is 1. The minimum Gasteiger partial charge on any atom is -0.454 e. The first-order valence-corrected chi connectivity index (χ1v) is 8.56. The highest BCUT2D eigenvalue weighted by molar-refractivity contribution is 7.14. The van der Waals surface area contributed by atoms with Gasteiger partial charge in [-0.2, -0.15) is 0 Å². The lowest BCUT2D eigenvalue weighted by Gasteiger charge is -2.03. The number of carbonyl (C=O) groups excluding carboxylic acids is 1. The van der Waals surface area contributed by atoms with Crippen molar-refractivity contribution in [2.75, 3.05) is 12.1 Å². The molecule has 0 aliphatic carbocycles. The fourth-order valence-electron chi connectivity index (χ4n) is 2.55. The number of aromatic nitrogens is 1. The number of amides is 1. The van der Waals surface area contributed by atoms with Gasteiger partial charge in [-0.25, -0.2) is 13.8 Å². The van der Waals surface area contributed by atoms with Crippen LogP contribution in [-0.2, 0) is 11.2 Å². The molecule has 26 heavy (non-hydrogen) atoms. The minimum absolute atomic E-state index is 0.135. The molecule has 1 aliphatic rings. The summed E-state index contributed by atoms with van der Waals surface area (Å²) < 4.78 is 37.3. The van der Waals surface area contributed by atoms with Gasteiger partial charge in [0, 0.05) is 17.0 Å². The molecule has 2 aromatic carbocycles. The number of hydrogen-bond acceptors (Lipinski definition) is 5. The Balaban J connectivity index is 1.44. The highest BCUT2D eigenvalue weighted by atomic mass is 32.1. The van der Waals surface area contributed by atoms with Crippen LogP contribution in [0.4, 0.5) is 13.9 Å². The van der Waals surface area contributed by atoms with E-state index in [1.54, 1.807) is 23.6 Å². The van der Waals surface area contributed by atoms with Crippen LogP contribution in [0.2, 0.25) is 0 Å². The number of benzene rings is 2. The van der Waals surface area contributed by atoms with E-state index in [0.29, 0.717) is 22.3 Å². The molecular weight excluding hydrogens is 362 g/mol. The lowest BCUT2D eigenvalue weighted by molar-refractivity contribution is -0.115. The van der Waals surface area contributed by atoms with Gasteiger partial charge in [-0.1, -0.05) is 6.07 Å². The lowest BCUT2D eigenvalue weighted by Crippen LogP contribution is -2.14. The average molecular weight is 374 g/mol. The zero-order chi connectivity index (χ0) is 18.1. The molecule has 0 saturated carbocycles. The third-order valence-electron chi connectivity index (χ3n) is 3.76. The van der Waals surface area contributed by atoms with Crippen molar-refractivity contribution in [3.8, 4) is 22.8 Å². The summed E-state index contributed by atoms with van der Waals surface area (Å²) in [4.78, 5) is 16.4. The maximum atomic E-state index is 13.8. The van der Waals surface area contributed by atoms with E-state index >= 15 is 0 Å². The van der Waals surface area contributed by atoms with E-state index in [1.165, 1.54) is 17.4 Å². The summed E-state index contributed by atoms with van der Waals surface area (Å²) in [6, 6.07) is 8.57. The van der Waals surface area contributed by atoms with Crippen LogP contribution < -0.4 is 14.8 Å². The Hall–Kier alpha value is -3.00.